The van der Waals surface area contributed by atoms with Crippen molar-refractivity contribution in [3.63, 3.8) is 0 Å². The highest BCUT2D eigenvalue weighted by atomic mass is 16.5. The summed E-state index contributed by atoms with van der Waals surface area (Å²) < 4.78 is 5.95. The summed E-state index contributed by atoms with van der Waals surface area (Å²) in [5.41, 5.74) is 4.00. The van der Waals surface area contributed by atoms with Crippen molar-refractivity contribution < 1.29 is 4.74 Å². The van der Waals surface area contributed by atoms with Gasteiger partial charge in [-0.3, -0.25) is 0 Å². The summed E-state index contributed by atoms with van der Waals surface area (Å²) in [7, 11) is 0. The molecule has 2 aromatic carbocycles. The van der Waals surface area contributed by atoms with Gasteiger partial charge in [0, 0.05) is 0 Å². The molecule has 0 heterocycles. The first kappa shape index (κ1) is 18.3. The van der Waals surface area contributed by atoms with Gasteiger partial charge >= 0.3 is 0 Å². The van der Waals surface area contributed by atoms with Gasteiger partial charge in [-0.05, 0) is 60.9 Å². The van der Waals surface area contributed by atoms with Crippen LogP contribution in [-0.2, 0) is 6.61 Å². The summed E-state index contributed by atoms with van der Waals surface area (Å²) in [5, 5.41) is 0. The van der Waals surface area contributed by atoms with Crippen molar-refractivity contribution in [2.75, 3.05) is 0 Å². The molecule has 0 amide bonds. The van der Waals surface area contributed by atoms with E-state index in [1.807, 2.05) is 18.2 Å². The molecule has 0 saturated heterocycles. The Morgan fingerprint density at radius 1 is 1.00 bits per heavy atom. The molecule has 0 N–H and O–H groups in total. The molecule has 2 aromatic rings. The van der Waals surface area contributed by atoms with Crippen LogP contribution < -0.4 is 4.74 Å². The average Bonchev–Trinajstić information content (AvgIpc) is 2.61. The van der Waals surface area contributed by atoms with Crippen LogP contribution in [0.4, 0.5) is 0 Å². The zero-order chi connectivity index (χ0) is 17.2. The van der Waals surface area contributed by atoms with E-state index in [1.54, 1.807) is 0 Å². The molecule has 24 heavy (non-hydrogen) atoms. The van der Waals surface area contributed by atoms with E-state index in [2.05, 4.69) is 63.3 Å². The van der Waals surface area contributed by atoms with Crippen LogP contribution in [0.1, 0.15) is 62.1 Å². The third-order valence-electron chi connectivity index (χ3n) is 4.39. The lowest BCUT2D eigenvalue weighted by Gasteiger charge is -2.18. The molecule has 0 aliphatic rings. The lowest BCUT2D eigenvalue weighted by atomic mass is 9.88. The molecular formula is C23H30O. The van der Waals surface area contributed by atoms with Gasteiger partial charge in [0.1, 0.15) is 12.4 Å². The van der Waals surface area contributed by atoms with Crippen LogP contribution in [0.15, 0.2) is 60.7 Å². The second-order valence-corrected chi connectivity index (χ2v) is 6.39. The molecule has 0 aliphatic heterocycles. The fraction of sp³-hybridized carbons (Fsp3) is 0.391. The van der Waals surface area contributed by atoms with Crippen molar-refractivity contribution in [1.29, 1.82) is 0 Å². The number of rotatable bonds is 9. The summed E-state index contributed by atoms with van der Waals surface area (Å²) in [6, 6.07) is 16.9. The first-order valence-electron chi connectivity index (χ1n) is 9.16. The van der Waals surface area contributed by atoms with Crippen molar-refractivity contribution in [3.8, 4) is 5.75 Å². The van der Waals surface area contributed by atoms with E-state index in [-0.39, 0.29) is 0 Å². The second kappa shape index (κ2) is 9.97. The van der Waals surface area contributed by atoms with E-state index in [9.17, 15) is 0 Å². The number of allylic oxidation sites excluding steroid dienone is 2. The molecular weight excluding hydrogens is 292 g/mol. The highest BCUT2D eigenvalue weighted by Crippen LogP contribution is 2.30. The van der Waals surface area contributed by atoms with Gasteiger partial charge in [0.15, 0.2) is 0 Å². The monoisotopic (exact) mass is 322 g/mol. The fourth-order valence-corrected chi connectivity index (χ4v) is 3.11. The van der Waals surface area contributed by atoms with Crippen LogP contribution >= 0.6 is 0 Å². The van der Waals surface area contributed by atoms with Crippen LogP contribution in [0.3, 0.4) is 0 Å². The molecule has 0 aliphatic carbocycles. The Kier molecular flexibility index (Phi) is 7.61. The predicted molar refractivity (Wildman–Crippen MR) is 104 cm³/mol. The summed E-state index contributed by atoms with van der Waals surface area (Å²) in [5.74, 6) is 1.57. The van der Waals surface area contributed by atoms with Gasteiger partial charge < -0.3 is 4.74 Å². The number of aryl methyl sites for hydroxylation is 1. The van der Waals surface area contributed by atoms with Gasteiger partial charge in [-0.15, -0.1) is 0 Å². The van der Waals surface area contributed by atoms with Gasteiger partial charge in [0.05, 0.1) is 0 Å². The smallest absolute Gasteiger partial charge is 0.120 e. The number of hydrogen-bond acceptors (Lipinski definition) is 1. The Morgan fingerprint density at radius 2 is 1.79 bits per heavy atom. The van der Waals surface area contributed by atoms with Crippen LogP contribution in [0.25, 0.3) is 0 Å². The quantitative estimate of drug-likeness (QED) is 0.460. The van der Waals surface area contributed by atoms with Crippen molar-refractivity contribution in [2.45, 2.75) is 59.0 Å². The van der Waals surface area contributed by atoms with E-state index >= 15 is 0 Å². The van der Waals surface area contributed by atoms with Crippen molar-refractivity contribution in [1.82, 2.24) is 0 Å². The molecule has 0 saturated carbocycles. The molecule has 0 radical (unpaired) electrons. The molecule has 2 rings (SSSR count). The molecule has 1 heteroatoms. The maximum absolute atomic E-state index is 5.95. The summed E-state index contributed by atoms with van der Waals surface area (Å²) in [6.07, 6.45) is 9.31. The number of ether oxygens (including phenoxy) is 1. The Morgan fingerprint density at radius 3 is 2.46 bits per heavy atom. The van der Waals surface area contributed by atoms with Gasteiger partial charge in [-0.25, -0.2) is 0 Å². The van der Waals surface area contributed by atoms with E-state index < -0.39 is 0 Å². The van der Waals surface area contributed by atoms with Crippen molar-refractivity contribution in [3.05, 3.63) is 77.4 Å². The first-order valence-corrected chi connectivity index (χ1v) is 9.16. The minimum absolute atomic E-state index is 0.612. The molecule has 1 unspecified atom stereocenters. The normalized spacial score (nSPS) is 12.5. The molecule has 0 aromatic heterocycles. The SMILES string of the molecule is CC/C=C\CC(CCC)c1ccc(OCc2ccccc2)cc1C. The van der Waals surface area contributed by atoms with E-state index in [0.717, 1.165) is 18.6 Å². The molecule has 1 atom stereocenters. The molecule has 1 nitrogen and oxygen atoms in total. The highest BCUT2D eigenvalue weighted by Gasteiger charge is 2.12. The molecule has 128 valence electrons. The first-order chi connectivity index (χ1) is 11.7. The maximum atomic E-state index is 5.95. The van der Waals surface area contributed by atoms with E-state index in [0.29, 0.717) is 12.5 Å². The Hall–Kier alpha value is -2.02. The minimum Gasteiger partial charge on any atom is -0.489 e. The third-order valence-corrected chi connectivity index (χ3v) is 4.39. The number of benzene rings is 2. The van der Waals surface area contributed by atoms with Gasteiger partial charge in [0.25, 0.3) is 0 Å². The number of hydrogen-bond donors (Lipinski definition) is 0. The standard InChI is InChI=1S/C23H30O/c1-4-6-8-14-21(11-5-2)23-16-15-22(17-19(23)3)24-18-20-12-9-7-10-13-20/h6-10,12-13,15-17,21H,4-5,11,14,18H2,1-3H3/b8-6-. The van der Waals surface area contributed by atoms with E-state index in [4.69, 9.17) is 4.74 Å². The second-order valence-electron chi connectivity index (χ2n) is 6.39. The largest absolute Gasteiger partial charge is 0.489 e. The van der Waals surface area contributed by atoms with Gasteiger partial charge in [0.2, 0.25) is 0 Å². The maximum Gasteiger partial charge on any atom is 0.120 e. The summed E-state index contributed by atoms with van der Waals surface area (Å²) >= 11 is 0. The fourth-order valence-electron chi connectivity index (χ4n) is 3.11. The van der Waals surface area contributed by atoms with E-state index in [1.165, 1.54) is 29.5 Å². The Bertz CT molecular complexity index is 628. The average molecular weight is 322 g/mol. The Labute approximate surface area is 147 Å². The molecule has 0 bridgehead atoms. The lowest BCUT2D eigenvalue weighted by Crippen LogP contribution is -2.02. The van der Waals surface area contributed by atoms with Crippen LogP contribution in [0.5, 0.6) is 5.75 Å². The van der Waals surface area contributed by atoms with Crippen LogP contribution in [-0.4, -0.2) is 0 Å². The third kappa shape index (κ3) is 5.56. The zero-order valence-corrected chi connectivity index (χ0v) is 15.3. The highest BCUT2D eigenvalue weighted by molar-refractivity contribution is 5.37. The molecule has 0 fully saturated rings. The predicted octanol–water partition coefficient (Wildman–Crippen LogP) is 6.81. The molecule has 0 spiro atoms. The van der Waals surface area contributed by atoms with Crippen LogP contribution in [0, 0.1) is 6.92 Å². The summed E-state index contributed by atoms with van der Waals surface area (Å²) in [6.45, 7) is 7.28. The Balaban J connectivity index is 2.05. The topological polar surface area (TPSA) is 9.23 Å². The lowest BCUT2D eigenvalue weighted by molar-refractivity contribution is 0.306. The zero-order valence-electron chi connectivity index (χ0n) is 15.3. The van der Waals surface area contributed by atoms with Gasteiger partial charge in [-0.1, -0.05) is 68.8 Å². The minimum atomic E-state index is 0.612. The van der Waals surface area contributed by atoms with Crippen molar-refractivity contribution >= 4 is 0 Å². The van der Waals surface area contributed by atoms with Crippen molar-refractivity contribution in [2.24, 2.45) is 0 Å². The van der Waals surface area contributed by atoms with Crippen LogP contribution in [0.2, 0.25) is 0 Å². The summed E-state index contributed by atoms with van der Waals surface area (Å²) in [4.78, 5) is 0. The van der Waals surface area contributed by atoms with Gasteiger partial charge in [-0.2, -0.15) is 0 Å².